The van der Waals surface area contributed by atoms with Crippen LogP contribution in [0.2, 0.25) is 0 Å². The van der Waals surface area contributed by atoms with Crippen LogP contribution >= 0.6 is 0 Å². The number of ether oxygens (including phenoxy) is 1. The summed E-state index contributed by atoms with van der Waals surface area (Å²) in [5.74, 6) is -0.199. The Balaban J connectivity index is 0.00000256. The predicted octanol–water partition coefficient (Wildman–Crippen LogP) is 3.28. The van der Waals surface area contributed by atoms with E-state index in [0.717, 1.165) is 25.5 Å². The van der Waals surface area contributed by atoms with Gasteiger partial charge in [0.1, 0.15) is 6.29 Å². The van der Waals surface area contributed by atoms with Gasteiger partial charge >= 0.3 is 5.97 Å². The lowest BCUT2D eigenvalue weighted by Gasteiger charge is -2.30. The summed E-state index contributed by atoms with van der Waals surface area (Å²) in [4.78, 5) is 22.4. The second-order valence-electron chi connectivity index (χ2n) is 4.54. The zero-order chi connectivity index (χ0) is 12.0. The van der Waals surface area contributed by atoms with Gasteiger partial charge in [-0.25, -0.2) is 0 Å². The predicted molar refractivity (Wildman–Crippen MR) is 68.7 cm³/mol. The molecule has 0 fully saturated rings. The van der Waals surface area contributed by atoms with E-state index in [1.165, 1.54) is 5.57 Å². The van der Waals surface area contributed by atoms with Crippen LogP contribution in [0.5, 0.6) is 0 Å². The second-order valence-corrected chi connectivity index (χ2v) is 4.54. The van der Waals surface area contributed by atoms with E-state index < -0.39 is 0 Å². The maximum Gasteiger partial charge on any atom is 0.305 e. The average molecular weight is 240 g/mol. The molecule has 98 valence electrons. The van der Waals surface area contributed by atoms with Gasteiger partial charge in [-0.15, -0.1) is 0 Å². The van der Waals surface area contributed by atoms with Crippen molar-refractivity contribution in [1.29, 1.82) is 0 Å². The molecule has 0 aromatic carbocycles. The summed E-state index contributed by atoms with van der Waals surface area (Å²) < 4.78 is 4.87. The molecule has 0 N–H and O–H groups in total. The molecule has 0 radical (unpaired) electrons. The van der Waals surface area contributed by atoms with Gasteiger partial charge in [-0.2, -0.15) is 0 Å². The Hall–Kier alpha value is -1.12. The van der Waals surface area contributed by atoms with Crippen LogP contribution in [-0.2, 0) is 14.3 Å². The van der Waals surface area contributed by atoms with Gasteiger partial charge in [0, 0.05) is 11.8 Å². The summed E-state index contributed by atoms with van der Waals surface area (Å²) in [5.41, 5.74) is 1.01. The van der Waals surface area contributed by atoms with Gasteiger partial charge in [0.05, 0.1) is 6.61 Å². The summed E-state index contributed by atoms with van der Waals surface area (Å²) >= 11 is 0. The van der Waals surface area contributed by atoms with Gasteiger partial charge in [-0.1, -0.05) is 19.1 Å². The maximum atomic E-state index is 11.3. The third-order valence-electron chi connectivity index (χ3n) is 3.26. The molecule has 0 spiro atoms. The number of allylic oxidation sites excluding steroid dienone is 2. The van der Waals surface area contributed by atoms with Gasteiger partial charge in [0.2, 0.25) is 0 Å². The number of carbonyl (C=O) groups is 2. The normalized spacial score (nSPS) is 23.3. The minimum Gasteiger partial charge on any atom is -0.466 e. The molecule has 1 aliphatic rings. The van der Waals surface area contributed by atoms with Crippen molar-refractivity contribution >= 4 is 12.3 Å². The van der Waals surface area contributed by atoms with Crippen molar-refractivity contribution in [2.75, 3.05) is 6.61 Å². The molecule has 0 heterocycles. The first-order chi connectivity index (χ1) is 7.62. The van der Waals surface area contributed by atoms with Crippen LogP contribution in [0.4, 0.5) is 0 Å². The Morgan fingerprint density at radius 1 is 1.59 bits per heavy atom. The van der Waals surface area contributed by atoms with E-state index in [1.54, 1.807) is 6.92 Å². The Morgan fingerprint density at radius 3 is 2.76 bits per heavy atom. The molecule has 17 heavy (non-hydrogen) atoms. The van der Waals surface area contributed by atoms with Crippen molar-refractivity contribution in [3.8, 4) is 0 Å². The SMILES string of the molecule is C.CCOC(=O)CCC1(C=O)CC=C(C)CC1. The van der Waals surface area contributed by atoms with E-state index in [2.05, 4.69) is 13.0 Å². The van der Waals surface area contributed by atoms with E-state index in [4.69, 9.17) is 4.74 Å². The Kier molecular flexibility index (Phi) is 6.78. The Morgan fingerprint density at radius 2 is 2.29 bits per heavy atom. The number of hydrogen-bond donors (Lipinski definition) is 0. The summed E-state index contributed by atoms with van der Waals surface area (Å²) in [7, 11) is 0. The molecule has 1 rings (SSSR count). The zero-order valence-corrected chi connectivity index (χ0v) is 10.1. The van der Waals surface area contributed by atoms with Crippen LogP contribution in [0, 0.1) is 5.41 Å². The van der Waals surface area contributed by atoms with Crippen LogP contribution in [-0.4, -0.2) is 18.9 Å². The smallest absolute Gasteiger partial charge is 0.305 e. The van der Waals surface area contributed by atoms with Gasteiger partial charge in [0.25, 0.3) is 0 Å². The van der Waals surface area contributed by atoms with E-state index >= 15 is 0 Å². The zero-order valence-electron chi connectivity index (χ0n) is 10.1. The number of esters is 1. The number of hydrogen-bond acceptors (Lipinski definition) is 3. The molecule has 0 aliphatic heterocycles. The van der Waals surface area contributed by atoms with Crippen molar-refractivity contribution in [3.63, 3.8) is 0 Å². The monoisotopic (exact) mass is 240 g/mol. The van der Waals surface area contributed by atoms with Crippen LogP contribution in [0.25, 0.3) is 0 Å². The molecule has 0 bridgehead atoms. The van der Waals surface area contributed by atoms with Gasteiger partial charge in [-0.3, -0.25) is 4.79 Å². The third-order valence-corrected chi connectivity index (χ3v) is 3.26. The number of carbonyl (C=O) groups excluding carboxylic acids is 2. The molecule has 0 amide bonds. The molecule has 1 atom stereocenters. The van der Waals surface area contributed by atoms with Crippen LogP contribution < -0.4 is 0 Å². The fourth-order valence-corrected chi connectivity index (χ4v) is 2.00. The lowest BCUT2D eigenvalue weighted by molar-refractivity contribution is -0.144. The van der Waals surface area contributed by atoms with Crippen molar-refractivity contribution in [2.24, 2.45) is 5.41 Å². The highest BCUT2D eigenvalue weighted by Crippen LogP contribution is 2.37. The molecule has 0 aromatic rings. The molecule has 0 saturated carbocycles. The van der Waals surface area contributed by atoms with Gasteiger partial charge in [0.15, 0.2) is 0 Å². The lowest BCUT2D eigenvalue weighted by atomic mass is 9.73. The molecule has 0 saturated heterocycles. The lowest BCUT2D eigenvalue weighted by Crippen LogP contribution is -2.26. The van der Waals surface area contributed by atoms with Crippen LogP contribution in [0.1, 0.15) is 53.4 Å². The molecule has 3 nitrogen and oxygen atoms in total. The fourth-order valence-electron chi connectivity index (χ4n) is 2.00. The first-order valence-corrected chi connectivity index (χ1v) is 5.89. The largest absolute Gasteiger partial charge is 0.466 e. The van der Waals surface area contributed by atoms with Crippen molar-refractivity contribution in [1.82, 2.24) is 0 Å². The quantitative estimate of drug-likeness (QED) is 0.421. The highest BCUT2D eigenvalue weighted by Gasteiger charge is 2.31. The summed E-state index contributed by atoms with van der Waals surface area (Å²) in [6, 6.07) is 0. The Bertz CT molecular complexity index is 294. The Labute approximate surface area is 104 Å². The average Bonchev–Trinajstić information content (AvgIpc) is 2.30. The van der Waals surface area contributed by atoms with E-state index in [1.807, 2.05) is 0 Å². The fraction of sp³-hybridized carbons (Fsp3) is 0.714. The van der Waals surface area contributed by atoms with Crippen LogP contribution in [0.3, 0.4) is 0 Å². The molecular weight excluding hydrogens is 216 g/mol. The van der Waals surface area contributed by atoms with Gasteiger partial charge in [-0.05, 0) is 39.5 Å². The van der Waals surface area contributed by atoms with E-state index in [0.29, 0.717) is 19.4 Å². The third kappa shape index (κ3) is 4.72. The number of aldehydes is 1. The topological polar surface area (TPSA) is 43.4 Å². The minimum absolute atomic E-state index is 0. The molecular formula is C14H24O3. The minimum atomic E-state index is -0.327. The molecule has 3 heteroatoms. The van der Waals surface area contributed by atoms with E-state index in [9.17, 15) is 9.59 Å². The van der Waals surface area contributed by atoms with Crippen molar-refractivity contribution in [2.45, 2.75) is 53.4 Å². The first-order valence-electron chi connectivity index (χ1n) is 5.89. The highest BCUT2D eigenvalue weighted by atomic mass is 16.5. The summed E-state index contributed by atoms with van der Waals surface area (Å²) in [6.45, 7) is 4.28. The van der Waals surface area contributed by atoms with Crippen LogP contribution in [0.15, 0.2) is 11.6 Å². The van der Waals surface area contributed by atoms with E-state index in [-0.39, 0.29) is 18.8 Å². The second kappa shape index (κ2) is 7.25. The molecule has 0 aromatic heterocycles. The molecule has 1 aliphatic carbocycles. The molecule has 1 unspecified atom stereocenters. The maximum absolute atomic E-state index is 11.3. The summed E-state index contributed by atoms with van der Waals surface area (Å²) in [6.07, 6.45) is 6.68. The van der Waals surface area contributed by atoms with Crippen molar-refractivity contribution < 1.29 is 14.3 Å². The number of rotatable bonds is 5. The van der Waals surface area contributed by atoms with Crippen molar-refractivity contribution in [3.05, 3.63) is 11.6 Å². The summed E-state index contributed by atoms with van der Waals surface area (Å²) in [5, 5.41) is 0. The standard InChI is InChI=1S/C13H20O3.CH4/c1-3-16-12(15)6-9-13(10-14)7-4-11(2)5-8-13;/h4,10H,3,5-9H2,1-2H3;1H4. The highest BCUT2D eigenvalue weighted by molar-refractivity contribution is 5.70. The first kappa shape index (κ1) is 15.9. The van der Waals surface area contributed by atoms with Gasteiger partial charge < -0.3 is 9.53 Å².